The van der Waals surface area contributed by atoms with Gasteiger partial charge < -0.3 is 14.4 Å². The first-order chi connectivity index (χ1) is 9.30. The first-order valence-electron chi connectivity index (χ1n) is 6.73. The molecule has 0 atom stereocenters. The smallest absolute Gasteiger partial charge is 0.495 e. The molecule has 4 nitrogen and oxygen atoms in total. The van der Waals surface area contributed by atoms with Gasteiger partial charge in [-0.3, -0.25) is 4.98 Å². The fourth-order valence-electron chi connectivity index (χ4n) is 2.33. The first kappa shape index (κ1) is 13.4. The van der Waals surface area contributed by atoms with Gasteiger partial charge in [-0.15, -0.1) is 0 Å². The predicted octanol–water partition coefficient (Wildman–Crippen LogP) is 2.24. The van der Waals surface area contributed by atoms with Gasteiger partial charge in [0.25, 0.3) is 0 Å². The van der Waals surface area contributed by atoms with Crippen molar-refractivity contribution in [3.8, 4) is 5.75 Å². The van der Waals surface area contributed by atoms with Crippen molar-refractivity contribution >= 4 is 23.5 Å². The Balaban J connectivity index is 2.08. The maximum absolute atomic E-state index is 9.55. The van der Waals surface area contributed by atoms with E-state index in [0.717, 1.165) is 16.4 Å². The Morgan fingerprint density at radius 2 is 1.70 bits per heavy atom. The van der Waals surface area contributed by atoms with Gasteiger partial charge in [-0.1, -0.05) is 0 Å². The molecule has 1 saturated heterocycles. The summed E-state index contributed by atoms with van der Waals surface area (Å²) in [6.07, 6.45) is 1.71. The second kappa shape index (κ2) is 4.20. The van der Waals surface area contributed by atoms with E-state index in [4.69, 9.17) is 9.31 Å². The van der Waals surface area contributed by atoms with Gasteiger partial charge in [-0.05, 0) is 51.4 Å². The highest BCUT2D eigenvalue weighted by Gasteiger charge is 2.52. The van der Waals surface area contributed by atoms with E-state index in [-0.39, 0.29) is 17.0 Å². The zero-order chi connectivity index (χ0) is 14.5. The molecule has 0 aliphatic carbocycles. The lowest BCUT2D eigenvalue weighted by Crippen LogP contribution is -2.41. The maximum Gasteiger partial charge on any atom is 0.495 e. The average Bonchev–Trinajstić information content (AvgIpc) is 2.57. The van der Waals surface area contributed by atoms with E-state index >= 15 is 0 Å². The molecule has 20 heavy (non-hydrogen) atoms. The molecule has 1 N–H and O–H groups in total. The topological polar surface area (TPSA) is 51.6 Å². The molecule has 0 unspecified atom stereocenters. The number of rotatable bonds is 1. The van der Waals surface area contributed by atoms with E-state index in [1.54, 1.807) is 18.3 Å². The Kier molecular flexibility index (Phi) is 2.82. The van der Waals surface area contributed by atoms with Crippen LogP contribution in [0.3, 0.4) is 0 Å². The second-order valence-electron chi connectivity index (χ2n) is 6.19. The molecule has 104 valence electrons. The van der Waals surface area contributed by atoms with Crippen LogP contribution in [0.2, 0.25) is 0 Å². The van der Waals surface area contributed by atoms with Gasteiger partial charge in [-0.2, -0.15) is 0 Å². The van der Waals surface area contributed by atoms with Crippen LogP contribution in [0, 0.1) is 0 Å². The third-order valence-corrected chi connectivity index (χ3v) is 4.27. The van der Waals surface area contributed by atoms with Crippen LogP contribution in [0.1, 0.15) is 27.7 Å². The highest BCUT2D eigenvalue weighted by molar-refractivity contribution is 6.65. The molecule has 2 heterocycles. The Morgan fingerprint density at radius 1 is 1.05 bits per heavy atom. The standard InChI is InChI=1S/C15H18BNO3/c1-14(2)15(3,4)20-16(19-14)12-7-8-17-13-9-10(18)5-6-11(12)13/h5-9,18H,1-4H3. The molecule has 5 heteroatoms. The minimum absolute atomic E-state index is 0.205. The van der Waals surface area contributed by atoms with Crippen LogP contribution in [-0.2, 0) is 9.31 Å². The third kappa shape index (κ3) is 1.98. The highest BCUT2D eigenvalue weighted by Crippen LogP contribution is 2.37. The van der Waals surface area contributed by atoms with E-state index < -0.39 is 7.12 Å². The lowest BCUT2D eigenvalue weighted by atomic mass is 9.77. The summed E-state index contributed by atoms with van der Waals surface area (Å²) < 4.78 is 12.2. The van der Waals surface area contributed by atoms with Gasteiger partial charge >= 0.3 is 7.12 Å². The highest BCUT2D eigenvalue weighted by atomic mass is 16.7. The zero-order valence-electron chi connectivity index (χ0n) is 12.2. The predicted molar refractivity (Wildman–Crippen MR) is 79.1 cm³/mol. The molecule has 1 aromatic heterocycles. The van der Waals surface area contributed by atoms with E-state index in [2.05, 4.69) is 4.98 Å². The van der Waals surface area contributed by atoms with E-state index in [1.165, 1.54) is 0 Å². The molecule has 0 radical (unpaired) electrons. The van der Waals surface area contributed by atoms with Gasteiger partial charge in [0.2, 0.25) is 0 Å². The van der Waals surface area contributed by atoms with Crippen molar-refractivity contribution in [2.75, 3.05) is 0 Å². The summed E-state index contributed by atoms with van der Waals surface area (Å²) in [5.41, 5.74) is 0.930. The van der Waals surface area contributed by atoms with E-state index in [9.17, 15) is 5.11 Å². The number of fused-ring (bicyclic) bond motifs is 1. The van der Waals surface area contributed by atoms with Crippen LogP contribution in [0.15, 0.2) is 30.5 Å². The van der Waals surface area contributed by atoms with Crippen LogP contribution < -0.4 is 5.46 Å². The molecular formula is C15H18BNO3. The molecule has 0 saturated carbocycles. The van der Waals surface area contributed by atoms with Crippen LogP contribution >= 0.6 is 0 Å². The Labute approximate surface area is 118 Å². The number of aromatic hydroxyl groups is 1. The maximum atomic E-state index is 9.55. The number of hydrogen-bond donors (Lipinski definition) is 1. The molecule has 0 spiro atoms. The lowest BCUT2D eigenvalue weighted by molar-refractivity contribution is 0.00578. The van der Waals surface area contributed by atoms with Gasteiger partial charge in [0, 0.05) is 17.6 Å². The fraction of sp³-hybridized carbons (Fsp3) is 0.400. The molecular weight excluding hydrogens is 253 g/mol. The molecule has 1 aromatic carbocycles. The SMILES string of the molecule is CC1(C)OB(c2ccnc3cc(O)ccc23)OC1(C)C. The van der Waals surface area contributed by atoms with Crippen LogP contribution in [0.5, 0.6) is 5.75 Å². The van der Waals surface area contributed by atoms with E-state index in [0.29, 0.717) is 0 Å². The molecule has 2 aromatic rings. The quantitative estimate of drug-likeness (QED) is 0.808. The monoisotopic (exact) mass is 271 g/mol. The summed E-state index contributed by atoms with van der Waals surface area (Å²) >= 11 is 0. The number of pyridine rings is 1. The molecule has 1 aliphatic heterocycles. The summed E-state index contributed by atoms with van der Waals surface area (Å²) in [7, 11) is -0.421. The van der Waals surface area contributed by atoms with Crippen LogP contribution in [0.4, 0.5) is 0 Å². The third-order valence-electron chi connectivity index (χ3n) is 4.27. The summed E-state index contributed by atoms with van der Waals surface area (Å²) in [5, 5.41) is 10.5. The number of phenolic OH excluding ortho intramolecular Hbond substituents is 1. The minimum Gasteiger partial charge on any atom is -0.508 e. The normalized spacial score (nSPS) is 20.5. The van der Waals surface area contributed by atoms with Crippen molar-refractivity contribution in [3.63, 3.8) is 0 Å². The van der Waals surface area contributed by atoms with Crippen molar-refractivity contribution in [1.82, 2.24) is 4.98 Å². The van der Waals surface area contributed by atoms with Crippen molar-refractivity contribution < 1.29 is 14.4 Å². The fourth-order valence-corrected chi connectivity index (χ4v) is 2.33. The number of nitrogens with zero attached hydrogens (tertiary/aromatic N) is 1. The average molecular weight is 271 g/mol. The molecule has 0 amide bonds. The summed E-state index contributed by atoms with van der Waals surface area (Å²) in [6.45, 7) is 8.12. The van der Waals surface area contributed by atoms with E-state index in [1.807, 2.05) is 39.8 Å². The summed E-state index contributed by atoms with van der Waals surface area (Å²) in [6, 6.07) is 7.04. The van der Waals surface area contributed by atoms with Gasteiger partial charge in [0.15, 0.2) is 0 Å². The number of benzene rings is 1. The summed E-state index contributed by atoms with van der Waals surface area (Å²) in [4.78, 5) is 4.28. The molecule has 1 aliphatic rings. The number of hydrogen-bond acceptors (Lipinski definition) is 4. The zero-order valence-corrected chi connectivity index (χ0v) is 12.2. The van der Waals surface area contributed by atoms with Gasteiger partial charge in [0.1, 0.15) is 5.75 Å². The van der Waals surface area contributed by atoms with Gasteiger partial charge in [0.05, 0.1) is 16.7 Å². The van der Waals surface area contributed by atoms with Crippen LogP contribution in [-0.4, -0.2) is 28.4 Å². The Morgan fingerprint density at radius 3 is 2.35 bits per heavy atom. The largest absolute Gasteiger partial charge is 0.508 e. The Bertz CT molecular complexity index is 653. The first-order valence-corrected chi connectivity index (χ1v) is 6.73. The molecule has 0 bridgehead atoms. The molecule has 1 fully saturated rings. The van der Waals surface area contributed by atoms with Crippen molar-refractivity contribution in [2.24, 2.45) is 0 Å². The van der Waals surface area contributed by atoms with Crippen molar-refractivity contribution in [3.05, 3.63) is 30.5 Å². The van der Waals surface area contributed by atoms with Gasteiger partial charge in [-0.25, -0.2) is 0 Å². The Hall–Kier alpha value is -1.59. The molecule has 3 rings (SSSR count). The summed E-state index contributed by atoms with van der Waals surface area (Å²) in [5.74, 6) is 0.205. The lowest BCUT2D eigenvalue weighted by Gasteiger charge is -2.32. The minimum atomic E-state index is -0.421. The van der Waals surface area contributed by atoms with Crippen molar-refractivity contribution in [1.29, 1.82) is 0 Å². The second-order valence-corrected chi connectivity index (χ2v) is 6.19. The number of phenols is 1. The number of aromatic nitrogens is 1. The van der Waals surface area contributed by atoms with Crippen molar-refractivity contribution in [2.45, 2.75) is 38.9 Å². The van der Waals surface area contributed by atoms with Crippen LogP contribution in [0.25, 0.3) is 10.9 Å².